The number of hydrogen-bond donors (Lipinski definition) is 2. The Kier molecular flexibility index (Phi) is 7.04. The Balaban J connectivity index is 1.75. The molecule has 0 aromatic heterocycles. The van der Waals surface area contributed by atoms with E-state index in [9.17, 15) is 9.59 Å². The van der Waals surface area contributed by atoms with Gasteiger partial charge in [-0.25, -0.2) is 4.79 Å². The van der Waals surface area contributed by atoms with Crippen LogP contribution < -0.4 is 10.6 Å². The molecule has 0 aliphatic carbocycles. The zero-order chi connectivity index (χ0) is 17.7. The highest BCUT2D eigenvalue weighted by Crippen LogP contribution is 2.32. The van der Waals surface area contributed by atoms with Gasteiger partial charge in [-0.15, -0.1) is 0 Å². The van der Waals surface area contributed by atoms with Crippen molar-refractivity contribution in [1.29, 1.82) is 0 Å². The van der Waals surface area contributed by atoms with Crippen LogP contribution in [0.1, 0.15) is 40.0 Å². The summed E-state index contributed by atoms with van der Waals surface area (Å²) in [6.45, 7) is 10.9. The van der Waals surface area contributed by atoms with Crippen LogP contribution in [0.3, 0.4) is 0 Å². The monoisotopic (exact) mass is 338 g/mol. The third kappa shape index (κ3) is 5.45. The first kappa shape index (κ1) is 19.2. The molecule has 0 radical (unpaired) electrons. The second-order valence-electron chi connectivity index (χ2n) is 7.95. The highest BCUT2D eigenvalue weighted by atomic mass is 16.2. The quantitative estimate of drug-likeness (QED) is 0.798. The molecule has 3 amide bonds. The maximum Gasteiger partial charge on any atom is 0.321 e. The molecule has 2 heterocycles. The van der Waals surface area contributed by atoms with Gasteiger partial charge in [-0.3, -0.25) is 15.0 Å². The molecule has 6 heteroatoms. The predicted molar refractivity (Wildman–Crippen MR) is 95.7 cm³/mol. The number of rotatable bonds is 5. The second kappa shape index (κ2) is 8.81. The zero-order valence-corrected chi connectivity index (χ0v) is 15.7. The lowest BCUT2D eigenvalue weighted by atomic mass is 9.84. The van der Waals surface area contributed by atoms with Crippen LogP contribution in [0, 0.1) is 17.8 Å². The van der Waals surface area contributed by atoms with Crippen LogP contribution in [0.4, 0.5) is 4.79 Å². The third-order valence-electron chi connectivity index (χ3n) is 5.52. The summed E-state index contributed by atoms with van der Waals surface area (Å²) in [5, 5.41) is 5.20. The fourth-order valence-electron chi connectivity index (χ4n) is 3.78. The number of carbonyl (C=O) groups is 2. The van der Waals surface area contributed by atoms with Gasteiger partial charge in [-0.1, -0.05) is 13.8 Å². The summed E-state index contributed by atoms with van der Waals surface area (Å²) in [6, 6.07) is -0.627. The van der Waals surface area contributed by atoms with E-state index in [-0.39, 0.29) is 18.0 Å². The largest absolute Gasteiger partial charge is 0.338 e. The third-order valence-corrected chi connectivity index (χ3v) is 5.52. The average molecular weight is 338 g/mol. The van der Waals surface area contributed by atoms with Crippen molar-refractivity contribution >= 4 is 11.9 Å². The maximum atomic E-state index is 12.3. The van der Waals surface area contributed by atoms with E-state index in [2.05, 4.69) is 27.5 Å². The molecule has 0 unspecified atom stereocenters. The van der Waals surface area contributed by atoms with Crippen molar-refractivity contribution in [3.05, 3.63) is 0 Å². The number of hydrogen-bond acceptors (Lipinski definition) is 4. The first-order valence-electron chi connectivity index (χ1n) is 9.38. The predicted octanol–water partition coefficient (Wildman–Crippen LogP) is 1.52. The first-order valence-corrected chi connectivity index (χ1v) is 9.38. The van der Waals surface area contributed by atoms with Crippen molar-refractivity contribution in [1.82, 2.24) is 20.4 Å². The molecular formula is C18H34N4O2. The topological polar surface area (TPSA) is 64.7 Å². The Morgan fingerprint density at radius 3 is 2.29 bits per heavy atom. The molecule has 2 aliphatic rings. The molecule has 6 nitrogen and oxygen atoms in total. The summed E-state index contributed by atoms with van der Waals surface area (Å²) >= 11 is 0. The molecule has 2 atom stereocenters. The van der Waals surface area contributed by atoms with Crippen molar-refractivity contribution < 1.29 is 9.59 Å². The number of imide groups is 1. The molecule has 0 spiro atoms. The number of nitrogens with one attached hydrogen (secondary N) is 2. The number of nitrogens with zero attached hydrogens (tertiary/aromatic N) is 2. The molecule has 2 fully saturated rings. The fourth-order valence-corrected chi connectivity index (χ4v) is 3.78. The first-order chi connectivity index (χ1) is 11.4. The highest BCUT2D eigenvalue weighted by molar-refractivity contribution is 5.96. The minimum Gasteiger partial charge on any atom is -0.338 e. The molecule has 0 aromatic carbocycles. The van der Waals surface area contributed by atoms with E-state index in [1.807, 2.05) is 20.8 Å². The fraction of sp³-hybridized carbons (Fsp3) is 0.889. The van der Waals surface area contributed by atoms with Crippen LogP contribution in [0.25, 0.3) is 0 Å². The van der Waals surface area contributed by atoms with E-state index in [1.54, 1.807) is 0 Å². The van der Waals surface area contributed by atoms with Gasteiger partial charge in [0.25, 0.3) is 0 Å². The van der Waals surface area contributed by atoms with Gasteiger partial charge in [0.1, 0.15) is 0 Å². The molecule has 0 aromatic rings. The summed E-state index contributed by atoms with van der Waals surface area (Å²) in [7, 11) is 2.19. The minimum absolute atomic E-state index is 0.194. The van der Waals surface area contributed by atoms with Gasteiger partial charge in [0.2, 0.25) is 5.91 Å². The molecule has 24 heavy (non-hydrogen) atoms. The van der Waals surface area contributed by atoms with Crippen molar-refractivity contribution in [3.63, 3.8) is 0 Å². The van der Waals surface area contributed by atoms with Gasteiger partial charge in [0.15, 0.2) is 0 Å². The van der Waals surface area contributed by atoms with Crippen molar-refractivity contribution in [2.75, 3.05) is 39.8 Å². The lowest BCUT2D eigenvalue weighted by molar-refractivity contribution is -0.124. The standard InChI is InChI=1S/C18H34N4O2/c1-13(2)11-19-18(24)20-17(23)14(3)22-10-7-16(12-22)15-5-8-21(4)9-6-15/h13-16H,5-12H2,1-4H3,(H2,19,20,23,24)/t14-,16-/m0/s1. The SMILES string of the molecule is CC(C)CNC(=O)NC(=O)[C@H](C)N1CC[C@H](C2CCN(C)CC2)C1. The van der Waals surface area contributed by atoms with Gasteiger partial charge >= 0.3 is 6.03 Å². The van der Waals surface area contributed by atoms with Gasteiger partial charge in [0, 0.05) is 13.1 Å². The summed E-state index contributed by atoms with van der Waals surface area (Å²) in [4.78, 5) is 28.7. The van der Waals surface area contributed by atoms with Crippen LogP contribution in [-0.2, 0) is 4.79 Å². The number of piperidine rings is 1. The van der Waals surface area contributed by atoms with Crippen molar-refractivity contribution in [2.24, 2.45) is 17.8 Å². The normalized spacial score (nSPS) is 25.0. The number of likely N-dealkylation sites (tertiary alicyclic amines) is 2. The average Bonchev–Trinajstić information content (AvgIpc) is 3.02. The molecule has 2 N–H and O–H groups in total. The highest BCUT2D eigenvalue weighted by Gasteiger charge is 2.35. The maximum absolute atomic E-state index is 12.3. The molecule has 2 saturated heterocycles. The van der Waals surface area contributed by atoms with Crippen LogP contribution in [0.5, 0.6) is 0 Å². The number of carbonyl (C=O) groups excluding carboxylic acids is 2. The Labute approximate surface area is 146 Å². The molecule has 2 rings (SSSR count). The summed E-state index contributed by atoms with van der Waals surface area (Å²) in [5.41, 5.74) is 0. The van der Waals surface area contributed by atoms with Crippen molar-refractivity contribution in [3.8, 4) is 0 Å². The van der Waals surface area contributed by atoms with Crippen LogP contribution in [-0.4, -0.2) is 67.6 Å². The Morgan fingerprint density at radius 1 is 1.04 bits per heavy atom. The Morgan fingerprint density at radius 2 is 1.67 bits per heavy atom. The van der Waals surface area contributed by atoms with Gasteiger partial charge in [-0.05, 0) is 70.6 Å². The van der Waals surface area contributed by atoms with Gasteiger partial charge in [0.05, 0.1) is 6.04 Å². The van der Waals surface area contributed by atoms with Crippen LogP contribution in [0.2, 0.25) is 0 Å². The molecular weight excluding hydrogens is 304 g/mol. The van der Waals surface area contributed by atoms with E-state index in [1.165, 1.54) is 32.4 Å². The zero-order valence-electron chi connectivity index (χ0n) is 15.7. The molecule has 2 aliphatic heterocycles. The van der Waals surface area contributed by atoms with Gasteiger partial charge in [-0.2, -0.15) is 0 Å². The van der Waals surface area contributed by atoms with Crippen LogP contribution in [0.15, 0.2) is 0 Å². The number of urea groups is 1. The van der Waals surface area contributed by atoms with E-state index < -0.39 is 0 Å². The Bertz CT molecular complexity index is 433. The van der Waals surface area contributed by atoms with Gasteiger partial charge < -0.3 is 10.2 Å². The molecule has 0 bridgehead atoms. The van der Waals surface area contributed by atoms with E-state index >= 15 is 0 Å². The molecule has 0 saturated carbocycles. The van der Waals surface area contributed by atoms with Crippen LogP contribution >= 0.6 is 0 Å². The van der Waals surface area contributed by atoms with E-state index in [0.717, 1.165) is 19.0 Å². The summed E-state index contributed by atoms with van der Waals surface area (Å²) in [5.74, 6) is 1.66. The van der Waals surface area contributed by atoms with Crippen molar-refractivity contribution in [2.45, 2.75) is 46.1 Å². The second-order valence-corrected chi connectivity index (χ2v) is 7.95. The minimum atomic E-state index is -0.383. The van der Waals surface area contributed by atoms with E-state index in [0.29, 0.717) is 18.4 Å². The van der Waals surface area contributed by atoms with E-state index in [4.69, 9.17) is 0 Å². The summed E-state index contributed by atoms with van der Waals surface area (Å²) < 4.78 is 0. The lowest BCUT2D eigenvalue weighted by Gasteiger charge is -2.33. The lowest BCUT2D eigenvalue weighted by Crippen LogP contribution is -2.49. The summed E-state index contributed by atoms with van der Waals surface area (Å²) in [6.07, 6.45) is 3.71. The molecule has 138 valence electrons. The Hall–Kier alpha value is -1.14. The number of amides is 3. The smallest absolute Gasteiger partial charge is 0.321 e.